The molecule has 0 spiro atoms. The highest BCUT2D eigenvalue weighted by molar-refractivity contribution is 8.00. The molecule has 0 amide bonds. The molecule has 2 N–H and O–H groups in total. The van der Waals surface area contributed by atoms with Gasteiger partial charge >= 0.3 is 0 Å². The van der Waals surface area contributed by atoms with Crippen molar-refractivity contribution in [3.63, 3.8) is 0 Å². The molecule has 1 aliphatic heterocycles. The molecule has 33 heavy (non-hydrogen) atoms. The Balaban J connectivity index is 1.27. The van der Waals surface area contributed by atoms with Crippen LogP contribution in [0.15, 0.2) is 46.4 Å². The summed E-state index contributed by atoms with van der Waals surface area (Å²) in [6.45, 7) is 3.28. The van der Waals surface area contributed by atoms with E-state index in [1.165, 1.54) is 0 Å². The number of benzene rings is 1. The number of aromatic nitrogens is 2. The fourth-order valence-corrected chi connectivity index (χ4v) is 6.40. The lowest BCUT2D eigenvalue weighted by Crippen LogP contribution is -2.42. The van der Waals surface area contributed by atoms with Crippen molar-refractivity contribution >= 4 is 34.0 Å². The van der Waals surface area contributed by atoms with Crippen LogP contribution in [-0.4, -0.2) is 64.2 Å². The Morgan fingerprint density at radius 3 is 2.94 bits per heavy atom. The summed E-state index contributed by atoms with van der Waals surface area (Å²) in [5.74, 6) is 2.55. The number of ether oxygens (including phenoxy) is 1. The number of nitrogens with zero attached hydrogens (tertiary/aromatic N) is 3. The Labute approximate surface area is 204 Å². The average Bonchev–Trinajstić information content (AvgIpc) is 3.38. The SMILES string of the molecule is COc1ccc2nccc([C@@H](O)CC[C@@H]3CCN(CCCSc4nccs4)C[C@@H]3CO)c2c1. The third-order valence-corrected chi connectivity index (χ3v) is 8.67. The molecular weight excluding hydrogens is 454 g/mol. The molecule has 3 aromatic rings. The first-order valence-corrected chi connectivity index (χ1v) is 13.5. The molecule has 2 aromatic heterocycles. The van der Waals surface area contributed by atoms with Crippen molar-refractivity contribution in [1.29, 1.82) is 0 Å². The molecule has 1 aromatic carbocycles. The number of thiazole rings is 1. The number of thioether (sulfide) groups is 1. The van der Waals surface area contributed by atoms with Gasteiger partial charge in [-0.3, -0.25) is 4.98 Å². The third kappa shape index (κ3) is 6.45. The van der Waals surface area contributed by atoms with Gasteiger partial charge in [-0.05, 0) is 80.4 Å². The standard InChI is InChI=1S/C25H33N3O3S2/c1-31-20-4-5-23-22(15-20)21(7-9-26-23)24(30)6-3-18-8-12-28(16-19(18)17-29)11-2-13-32-25-27-10-14-33-25/h4-5,7,9-10,14-15,18-19,24,29-30H,2-3,6,8,11-13,16-17H2,1H3/t18-,19-,24+/m1/s1. The van der Waals surface area contributed by atoms with E-state index in [-0.39, 0.29) is 12.5 Å². The number of aliphatic hydroxyl groups excluding tert-OH is 2. The lowest BCUT2D eigenvalue weighted by Gasteiger charge is -2.38. The number of aliphatic hydroxyl groups is 2. The van der Waals surface area contributed by atoms with E-state index >= 15 is 0 Å². The van der Waals surface area contributed by atoms with Crippen molar-refractivity contribution in [2.24, 2.45) is 11.8 Å². The normalized spacial score (nSPS) is 20.2. The molecule has 8 heteroatoms. The van der Waals surface area contributed by atoms with Gasteiger partial charge in [-0.15, -0.1) is 11.3 Å². The highest BCUT2D eigenvalue weighted by Crippen LogP contribution is 2.33. The number of pyridine rings is 1. The molecule has 1 aliphatic rings. The molecule has 3 heterocycles. The molecule has 6 nitrogen and oxygen atoms in total. The fraction of sp³-hybridized carbons (Fsp3) is 0.520. The zero-order chi connectivity index (χ0) is 23.0. The predicted molar refractivity (Wildman–Crippen MR) is 135 cm³/mol. The van der Waals surface area contributed by atoms with Gasteiger partial charge in [-0.2, -0.15) is 0 Å². The summed E-state index contributed by atoms with van der Waals surface area (Å²) in [5, 5.41) is 24.0. The van der Waals surface area contributed by atoms with Crippen LogP contribution in [-0.2, 0) is 0 Å². The summed E-state index contributed by atoms with van der Waals surface area (Å²) in [6, 6.07) is 7.67. The Bertz CT molecular complexity index is 1000. The third-order valence-electron chi connectivity index (χ3n) is 6.62. The molecule has 0 aliphatic carbocycles. The maximum Gasteiger partial charge on any atom is 0.149 e. The smallest absolute Gasteiger partial charge is 0.149 e. The van der Waals surface area contributed by atoms with Gasteiger partial charge in [0.2, 0.25) is 0 Å². The summed E-state index contributed by atoms with van der Waals surface area (Å²) in [7, 11) is 1.65. The predicted octanol–water partition coefficient (Wildman–Crippen LogP) is 4.63. The molecule has 0 saturated carbocycles. The molecule has 178 valence electrons. The minimum absolute atomic E-state index is 0.209. The Morgan fingerprint density at radius 2 is 2.15 bits per heavy atom. The lowest BCUT2D eigenvalue weighted by atomic mass is 9.81. The minimum atomic E-state index is -0.553. The monoisotopic (exact) mass is 487 g/mol. The van der Waals surface area contributed by atoms with Gasteiger partial charge in [0.15, 0.2) is 0 Å². The van der Waals surface area contributed by atoms with E-state index in [0.29, 0.717) is 12.3 Å². The summed E-state index contributed by atoms with van der Waals surface area (Å²) >= 11 is 3.52. The van der Waals surface area contributed by atoms with Crippen molar-refractivity contribution in [2.75, 3.05) is 39.1 Å². The first kappa shape index (κ1) is 24.4. The number of piperidine rings is 1. The Morgan fingerprint density at radius 1 is 1.24 bits per heavy atom. The Kier molecular flexibility index (Phi) is 8.97. The number of hydrogen-bond donors (Lipinski definition) is 2. The van der Waals surface area contributed by atoms with Crippen molar-refractivity contribution < 1.29 is 14.9 Å². The van der Waals surface area contributed by atoms with Crippen molar-refractivity contribution in [1.82, 2.24) is 14.9 Å². The van der Waals surface area contributed by atoms with Gasteiger partial charge in [0.05, 0.1) is 18.7 Å². The average molecular weight is 488 g/mol. The highest BCUT2D eigenvalue weighted by atomic mass is 32.2. The molecular formula is C25H33N3O3S2. The molecule has 3 atom stereocenters. The topological polar surface area (TPSA) is 78.7 Å². The van der Waals surface area contributed by atoms with E-state index in [2.05, 4.69) is 14.9 Å². The van der Waals surface area contributed by atoms with Crippen LogP contribution in [0.2, 0.25) is 0 Å². The van der Waals surface area contributed by atoms with Crippen LogP contribution in [0, 0.1) is 11.8 Å². The highest BCUT2D eigenvalue weighted by Gasteiger charge is 2.29. The zero-order valence-corrected chi connectivity index (χ0v) is 20.7. The molecule has 1 saturated heterocycles. The number of rotatable bonds is 11. The minimum Gasteiger partial charge on any atom is -0.497 e. The first-order valence-electron chi connectivity index (χ1n) is 11.6. The van der Waals surface area contributed by atoms with Crippen LogP contribution < -0.4 is 4.74 Å². The van der Waals surface area contributed by atoms with Crippen molar-refractivity contribution in [2.45, 2.75) is 36.1 Å². The maximum absolute atomic E-state index is 11.0. The zero-order valence-electron chi connectivity index (χ0n) is 19.1. The van der Waals surface area contributed by atoms with Gasteiger partial charge in [-0.1, -0.05) is 11.8 Å². The van der Waals surface area contributed by atoms with E-state index in [0.717, 1.165) is 71.2 Å². The number of fused-ring (bicyclic) bond motifs is 1. The van der Waals surface area contributed by atoms with E-state index in [4.69, 9.17) is 4.74 Å². The van der Waals surface area contributed by atoms with Crippen molar-refractivity contribution in [3.05, 3.63) is 47.6 Å². The van der Waals surface area contributed by atoms with Crippen LogP contribution in [0.25, 0.3) is 10.9 Å². The van der Waals surface area contributed by atoms with Gasteiger partial charge < -0.3 is 19.8 Å². The largest absolute Gasteiger partial charge is 0.497 e. The molecule has 1 fully saturated rings. The van der Waals surface area contributed by atoms with Gasteiger partial charge in [0.25, 0.3) is 0 Å². The van der Waals surface area contributed by atoms with Crippen LogP contribution in [0.5, 0.6) is 5.75 Å². The summed E-state index contributed by atoms with van der Waals surface area (Å²) < 4.78 is 6.50. The number of hydrogen-bond acceptors (Lipinski definition) is 8. The van der Waals surface area contributed by atoms with Gasteiger partial charge in [0, 0.05) is 42.1 Å². The van der Waals surface area contributed by atoms with Crippen LogP contribution in [0.3, 0.4) is 0 Å². The second-order valence-corrected chi connectivity index (χ2v) is 10.9. The van der Waals surface area contributed by atoms with E-state index in [1.807, 2.05) is 47.6 Å². The first-order chi connectivity index (χ1) is 16.2. The number of likely N-dealkylation sites (tertiary alicyclic amines) is 1. The van der Waals surface area contributed by atoms with E-state index in [9.17, 15) is 10.2 Å². The van der Waals surface area contributed by atoms with Crippen LogP contribution in [0.1, 0.15) is 37.4 Å². The molecule has 0 unspecified atom stereocenters. The van der Waals surface area contributed by atoms with Crippen LogP contribution >= 0.6 is 23.1 Å². The summed E-state index contributed by atoms with van der Waals surface area (Å²) in [5.41, 5.74) is 1.76. The molecule has 4 rings (SSSR count). The second kappa shape index (κ2) is 12.1. The quantitative estimate of drug-likeness (QED) is 0.302. The fourth-order valence-electron chi connectivity index (χ4n) is 4.77. The summed E-state index contributed by atoms with van der Waals surface area (Å²) in [6.07, 6.45) is 6.86. The van der Waals surface area contributed by atoms with Gasteiger partial charge in [0.1, 0.15) is 10.1 Å². The van der Waals surface area contributed by atoms with E-state index in [1.54, 1.807) is 24.6 Å². The summed E-state index contributed by atoms with van der Waals surface area (Å²) in [4.78, 5) is 11.2. The van der Waals surface area contributed by atoms with Crippen LogP contribution in [0.4, 0.5) is 0 Å². The van der Waals surface area contributed by atoms with E-state index < -0.39 is 6.10 Å². The Hall–Kier alpha value is -1.71. The molecule has 0 radical (unpaired) electrons. The number of methoxy groups -OCH3 is 1. The van der Waals surface area contributed by atoms with Crippen molar-refractivity contribution in [3.8, 4) is 5.75 Å². The molecule has 0 bridgehead atoms. The lowest BCUT2D eigenvalue weighted by molar-refractivity contribution is 0.0581. The maximum atomic E-state index is 11.0. The van der Waals surface area contributed by atoms with Gasteiger partial charge in [-0.25, -0.2) is 4.98 Å². The second-order valence-electron chi connectivity index (χ2n) is 8.67.